The van der Waals surface area contributed by atoms with E-state index in [1.54, 1.807) is 12.3 Å². The van der Waals surface area contributed by atoms with Crippen molar-refractivity contribution in [3.8, 4) is 0 Å². The number of alkyl halides is 6. The first-order valence-electron chi connectivity index (χ1n) is 6.49. The van der Waals surface area contributed by atoms with Crippen LogP contribution in [0.4, 0.5) is 41.8 Å². The maximum atomic E-state index is 12.8. The topological polar surface area (TPSA) is 41.1 Å². The maximum absolute atomic E-state index is 12.8. The minimum atomic E-state index is -5.00. The van der Waals surface area contributed by atoms with Gasteiger partial charge in [0.25, 0.3) is 0 Å². The summed E-state index contributed by atoms with van der Waals surface area (Å²) in [7, 11) is 0. The molecule has 1 aromatic heterocycles. The van der Waals surface area contributed by atoms with E-state index in [-0.39, 0.29) is 16.1 Å². The molecule has 2 N–H and O–H groups in total. The predicted octanol–water partition coefficient (Wildman–Crippen LogP) is 6.39. The molecule has 0 aliphatic rings. The molecule has 0 saturated heterocycles. The van der Waals surface area contributed by atoms with Crippen LogP contribution in [0.3, 0.4) is 0 Å². The number of hydrogen-bond donors (Lipinski definition) is 2. The number of hydrogen-bond acceptors (Lipinski definition) is 2. The van der Waals surface area contributed by atoms with E-state index < -0.39 is 35.2 Å². The van der Waals surface area contributed by atoms with Crippen molar-refractivity contribution in [3.63, 3.8) is 0 Å². The molecule has 0 aliphatic heterocycles. The largest absolute Gasteiger partial charge is 0.416 e. The highest BCUT2D eigenvalue weighted by Gasteiger charge is 2.37. The monoisotopic (exact) mass is 402 g/mol. The highest BCUT2D eigenvalue weighted by atomic mass is 35.5. The molecule has 2 aromatic rings. The van der Waals surface area contributed by atoms with Gasteiger partial charge < -0.3 is 5.32 Å². The summed E-state index contributed by atoms with van der Waals surface area (Å²) in [4.78, 5) is 11.8. The summed E-state index contributed by atoms with van der Waals surface area (Å²) in [5, 5.41) is 6.31. The Morgan fingerprint density at radius 3 is 1.92 bits per heavy atom. The van der Waals surface area contributed by atoms with Gasteiger partial charge in [-0.2, -0.15) is 26.3 Å². The normalized spacial score (nSPS) is 12.2. The smallest absolute Gasteiger partial charge is 0.308 e. The first-order chi connectivity index (χ1) is 11.4. The molecule has 0 radical (unpaired) electrons. The van der Waals surface area contributed by atoms with E-state index in [0.29, 0.717) is 17.7 Å². The summed E-state index contributed by atoms with van der Waals surface area (Å²) in [6, 6.07) is -0.217. The third kappa shape index (κ3) is 4.79. The van der Waals surface area contributed by atoms with E-state index in [1.807, 2.05) is 5.32 Å². The van der Waals surface area contributed by atoms with Crippen LogP contribution in [-0.4, -0.2) is 6.03 Å². The highest BCUT2D eigenvalue weighted by molar-refractivity contribution is 7.15. The summed E-state index contributed by atoms with van der Waals surface area (Å²) >= 11 is 6.96. The lowest BCUT2D eigenvalue weighted by atomic mass is 10.1. The van der Waals surface area contributed by atoms with Gasteiger partial charge >= 0.3 is 18.4 Å². The van der Waals surface area contributed by atoms with Crippen LogP contribution >= 0.6 is 22.9 Å². The average molecular weight is 403 g/mol. The van der Waals surface area contributed by atoms with Crippen molar-refractivity contribution in [2.24, 2.45) is 0 Å². The molecule has 0 spiro atoms. The van der Waals surface area contributed by atoms with Crippen LogP contribution in [0.2, 0.25) is 5.02 Å². The summed E-state index contributed by atoms with van der Waals surface area (Å²) in [6.45, 7) is 1.67. The van der Waals surface area contributed by atoms with Crippen LogP contribution in [-0.2, 0) is 12.4 Å². The predicted molar refractivity (Wildman–Crippen MR) is 83.2 cm³/mol. The van der Waals surface area contributed by atoms with E-state index >= 15 is 0 Å². The van der Waals surface area contributed by atoms with Crippen LogP contribution in [0.15, 0.2) is 23.6 Å². The molecule has 0 aliphatic carbocycles. The molecule has 1 aromatic carbocycles. The van der Waals surface area contributed by atoms with E-state index in [4.69, 9.17) is 11.6 Å². The van der Waals surface area contributed by atoms with Crippen LogP contribution in [0.5, 0.6) is 0 Å². The zero-order valence-corrected chi connectivity index (χ0v) is 13.8. The van der Waals surface area contributed by atoms with Crippen molar-refractivity contribution < 1.29 is 31.1 Å². The van der Waals surface area contributed by atoms with Crippen LogP contribution in [0.25, 0.3) is 0 Å². The van der Waals surface area contributed by atoms with E-state index in [1.165, 1.54) is 0 Å². The number of anilines is 2. The lowest BCUT2D eigenvalue weighted by molar-refractivity contribution is -0.143. The second-order valence-electron chi connectivity index (χ2n) is 4.94. The van der Waals surface area contributed by atoms with Gasteiger partial charge in [0.2, 0.25) is 0 Å². The molecule has 0 saturated carbocycles. The average Bonchev–Trinajstić information content (AvgIpc) is 2.77. The standard InChI is InChI=1S/C14H9ClF6N2OS/c1-6-5-25-11(10(6)15)23-12(24)22-9-3-7(13(16,17)18)2-8(4-9)14(19,20)21/h2-5H,1H3,(H2,22,23,24). The molecule has 3 nitrogen and oxygen atoms in total. The zero-order chi connectivity index (χ0) is 19.0. The molecular formula is C14H9ClF6N2OS. The molecule has 2 rings (SSSR count). The molecule has 2 amide bonds. The Morgan fingerprint density at radius 1 is 1.00 bits per heavy atom. The van der Waals surface area contributed by atoms with Crippen molar-refractivity contribution >= 4 is 39.7 Å². The fraction of sp³-hybridized carbons (Fsp3) is 0.214. The second kappa shape index (κ2) is 6.75. The quantitative estimate of drug-likeness (QED) is 0.561. The summed E-state index contributed by atoms with van der Waals surface area (Å²) < 4.78 is 76.6. The molecule has 11 heteroatoms. The molecule has 0 bridgehead atoms. The number of aryl methyl sites for hydroxylation is 1. The van der Waals surface area contributed by atoms with Crippen LogP contribution < -0.4 is 10.6 Å². The second-order valence-corrected chi connectivity index (χ2v) is 6.19. The van der Waals surface area contributed by atoms with Gasteiger partial charge in [0.15, 0.2) is 0 Å². The molecule has 0 fully saturated rings. The van der Waals surface area contributed by atoms with Gasteiger partial charge in [-0.05, 0) is 36.1 Å². The molecule has 136 valence electrons. The lowest BCUT2D eigenvalue weighted by Gasteiger charge is -2.15. The molecule has 1 heterocycles. The molecule has 25 heavy (non-hydrogen) atoms. The van der Waals surface area contributed by atoms with Gasteiger partial charge in [-0.3, -0.25) is 5.32 Å². The Kier molecular flexibility index (Phi) is 5.24. The Labute approximate surface area is 146 Å². The summed E-state index contributed by atoms with van der Waals surface area (Å²) in [5.41, 5.74) is -3.03. The van der Waals surface area contributed by atoms with Crippen LogP contribution in [0.1, 0.15) is 16.7 Å². The van der Waals surface area contributed by atoms with Gasteiger partial charge in [-0.15, -0.1) is 11.3 Å². The highest BCUT2D eigenvalue weighted by Crippen LogP contribution is 2.38. The van der Waals surface area contributed by atoms with Gasteiger partial charge in [-0.25, -0.2) is 4.79 Å². The van der Waals surface area contributed by atoms with Crippen molar-refractivity contribution in [1.82, 2.24) is 0 Å². The number of nitrogens with one attached hydrogen (secondary N) is 2. The van der Waals surface area contributed by atoms with E-state index in [2.05, 4.69) is 5.32 Å². The number of rotatable bonds is 2. The fourth-order valence-electron chi connectivity index (χ4n) is 1.81. The first-order valence-corrected chi connectivity index (χ1v) is 7.75. The Morgan fingerprint density at radius 2 is 1.52 bits per heavy atom. The Hall–Kier alpha value is -1.94. The molecule has 0 unspecified atom stereocenters. The SMILES string of the molecule is Cc1csc(NC(=O)Nc2cc(C(F)(F)F)cc(C(F)(F)F)c2)c1Cl. The first kappa shape index (κ1) is 19.4. The number of thiophene rings is 1. The number of benzene rings is 1. The van der Waals surface area contributed by atoms with Crippen molar-refractivity contribution in [2.45, 2.75) is 19.3 Å². The van der Waals surface area contributed by atoms with Crippen molar-refractivity contribution in [2.75, 3.05) is 10.6 Å². The Bertz CT molecular complexity index is 767. The van der Waals surface area contributed by atoms with Crippen molar-refractivity contribution in [3.05, 3.63) is 45.3 Å². The molecular weight excluding hydrogens is 394 g/mol. The van der Waals surface area contributed by atoms with E-state index in [9.17, 15) is 31.1 Å². The van der Waals surface area contributed by atoms with Gasteiger partial charge in [0.05, 0.1) is 16.1 Å². The Balaban J connectivity index is 2.28. The fourth-order valence-corrected chi connectivity index (χ4v) is 2.94. The number of amides is 2. The van der Waals surface area contributed by atoms with E-state index in [0.717, 1.165) is 11.3 Å². The van der Waals surface area contributed by atoms with Gasteiger partial charge in [-0.1, -0.05) is 11.6 Å². The summed E-state index contributed by atoms with van der Waals surface area (Å²) in [5.74, 6) is 0. The number of carbonyl (C=O) groups is 1. The van der Waals surface area contributed by atoms with Crippen LogP contribution in [0, 0.1) is 6.92 Å². The van der Waals surface area contributed by atoms with Crippen molar-refractivity contribution in [1.29, 1.82) is 0 Å². The minimum absolute atomic E-state index is 0.0252. The third-order valence-electron chi connectivity index (χ3n) is 2.97. The number of halogens is 7. The maximum Gasteiger partial charge on any atom is 0.416 e. The number of carbonyl (C=O) groups excluding carboxylic acids is 1. The lowest BCUT2D eigenvalue weighted by Crippen LogP contribution is -2.20. The number of urea groups is 1. The summed E-state index contributed by atoms with van der Waals surface area (Å²) in [6.07, 6.45) is -10.00. The zero-order valence-electron chi connectivity index (χ0n) is 12.3. The molecule has 0 atom stereocenters. The minimum Gasteiger partial charge on any atom is -0.308 e. The van der Waals surface area contributed by atoms with Gasteiger partial charge in [0, 0.05) is 5.69 Å². The third-order valence-corrected chi connectivity index (χ3v) is 4.58. The van der Waals surface area contributed by atoms with Gasteiger partial charge in [0.1, 0.15) is 5.00 Å².